The summed E-state index contributed by atoms with van der Waals surface area (Å²) in [6.45, 7) is -0.788. The van der Waals surface area contributed by atoms with Crippen molar-refractivity contribution in [1.29, 1.82) is 0 Å². The van der Waals surface area contributed by atoms with Crippen LogP contribution < -0.4 is 10.2 Å². The highest BCUT2D eigenvalue weighted by atomic mass is 16.4. The molecule has 1 amide bonds. The van der Waals surface area contributed by atoms with Crippen LogP contribution in [-0.2, 0) is 4.79 Å². The summed E-state index contributed by atoms with van der Waals surface area (Å²) in [6.07, 6.45) is -4.89. The van der Waals surface area contributed by atoms with Gasteiger partial charge < -0.3 is 35.4 Å². The lowest BCUT2D eigenvalue weighted by atomic mass is 10.0. The Morgan fingerprint density at radius 1 is 1.17 bits per heavy atom. The standard InChI is InChI=1S/C15H22N2O6/c1-17(2)10-5-3-9(4-6-10)15(23)16-11(7-18)13(21)14(22)12(20)8-19/h3-7,11-14,19-22H,8H2,1-2H3,(H,16,23)/t11-,12-,13-,14-/m1/s1. The quantitative estimate of drug-likeness (QED) is 0.354. The molecule has 5 N–H and O–H groups in total. The van der Waals surface area contributed by atoms with Gasteiger partial charge in [-0.2, -0.15) is 0 Å². The predicted octanol–water partition coefficient (Wildman–Crippen LogP) is -1.88. The van der Waals surface area contributed by atoms with E-state index in [-0.39, 0.29) is 11.8 Å². The van der Waals surface area contributed by atoms with Crippen LogP contribution in [-0.4, -0.2) is 77.7 Å². The van der Waals surface area contributed by atoms with Gasteiger partial charge in [0.05, 0.1) is 6.61 Å². The van der Waals surface area contributed by atoms with Gasteiger partial charge in [-0.25, -0.2) is 0 Å². The van der Waals surface area contributed by atoms with Gasteiger partial charge >= 0.3 is 0 Å². The Morgan fingerprint density at radius 2 is 1.74 bits per heavy atom. The number of nitrogens with one attached hydrogen (secondary N) is 1. The number of hydrogen-bond donors (Lipinski definition) is 5. The van der Waals surface area contributed by atoms with Crippen molar-refractivity contribution < 1.29 is 30.0 Å². The second-order valence-electron chi connectivity index (χ2n) is 5.31. The Bertz CT molecular complexity index is 519. The third-order valence-electron chi connectivity index (χ3n) is 3.39. The van der Waals surface area contributed by atoms with E-state index in [1.54, 1.807) is 24.3 Å². The number of aliphatic hydroxyl groups is 4. The molecular formula is C15H22N2O6. The molecule has 0 bridgehead atoms. The summed E-state index contributed by atoms with van der Waals surface area (Å²) >= 11 is 0. The number of anilines is 1. The van der Waals surface area contributed by atoms with E-state index < -0.39 is 36.9 Å². The Hall–Kier alpha value is -2.00. The molecular weight excluding hydrogens is 304 g/mol. The van der Waals surface area contributed by atoms with Gasteiger partial charge in [0.1, 0.15) is 30.6 Å². The minimum atomic E-state index is -1.77. The molecule has 0 aliphatic carbocycles. The molecule has 1 aromatic carbocycles. The van der Waals surface area contributed by atoms with Crippen LogP contribution in [0.25, 0.3) is 0 Å². The molecule has 0 aliphatic heterocycles. The average Bonchev–Trinajstić information content (AvgIpc) is 2.57. The zero-order valence-corrected chi connectivity index (χ0v) is 13.0. The molecule has 0 spiro atoms. The van der Waals surface area contributed by atoms with Crippen molar-refractivity contribution in [3.63, 3.8) is 0 Å². The molecule has 0 aromatic heterocycles. The van der Waals surface area contributed by atoms with E-state index in [0.29, 0.717) is 0 Å². The Labute approximate surface area is 134 Å². The molecule has 4 atom stereocenters. The molecule has 8 heteroatoms. The molecule has 128 valence electrons. The number of aldehydes is 1. The zero-order valence-electron chi connectivity index (χ0n) is 13.0. The van der Waals surface area contributed by atoms with Crippen molar-refractivity contribution in [2.45, 2.75) is 24.4 Å². The van der Waals surface area contributed by atoms with E-state index in [4.69, 9.17) is 5.11 Å². The van der Waals surface area contributed by atoms with Gasteiger partial charge in [-0.05, 0) is 24.3 Å². The van der Waals surface area contributed by atoms with Gasteiger partial charge in [-0.1, -0.05) is 0 Å². The van der Waals surface area contributed by atoms with Crippen LogP contribution in [0.4, 0.5) is 5.69 Å². The molecule has 1 rings (SSSR count). The highest BCUT2D eigenvalue weighted by Crippen LogP contribution is 2.12. The number of nitrogens with zero attached hydrogens (tertiary/aromatic N) is 1. The molecule has 0 radical (unpaired) electrons. The summed E-state index contributed by atoms with van der Waals surface area (Å²) in [4.78, 5) is 25.0. The van der Waals surface area contributed by atoms with Gasteiger partial charge in [0.2, 0.25) is 0 Å². The van der Waals surface area contributed by atoms with Crippen LogP contribution in [0.1, 0.15) is 10.4 Å². The third kappa shape index (κ3) is 5.00. The van der Waals surface area contributed by atoms with E-state index in [9.17, 15) is 24.9 Å². The van der Waals surface area contributed by atoms with Crippen molar-refractivity contribution in [3.05, 3.63) is 29.8 Å². The molecule has 0 heterocycles. The molecule has 0 saturated heterocycles. The molecule has 0 fully saturated rings. The van der Waals surface area contributed by atoms with Gasteiger partial charge in [-0.3, -0.25) is 4.79 Å². The lowest BCUT2D eigenvalue weighted by Crippen LogP contribution is -2.53. The number of benzene rings is 1. The average molecular weight is 326 g/mol. The summed E-state index contributed by atoms with van der Waals surface area (Å²) in [7, 11) is 3.70. The zero-order chi connectivity index (χ0) is 17.6. The summed E-state index contributed by atoms with van der Waals surface area (Å²) in [6, 6.07) is 5.11. The number of aliphatic hydroxyl groups excluding tert-OH is 4. The van der Waals surface area contributed by atoms with Crippen LogP contribution in [0.5, 0.6) is 0 Å². The van der Waals surface area contributed by atoms with E-state index in [1.807, 2.05) is 19.0 Å². The molecule has 8 nitrogen and oxygen atoms in total. The lowest BCUT2D eigenvalue weighted by molar-refractivity contribution is -0.119. The number of rotatable bonds is 8. The first-order chi connectivity index (χ1) is 10.8. The second-order valence-corrected chi connectivity index (χ2v) is 5.31. The smallest absolute Gasteiger partial charge is 0.251 e. The van der Waals surface area contributed by atoms with Crippen LogP contribution >= 0.6 is 0 Å². The van der Waals surface area contributed by atoms with E-state index in [0.717, 1.165) is 5.69 Å². The van der Waals surface area contributed by atoms with Gasteiger partial charge in [0.25, 0.3) is 5.91 Å². The first kappa shape index (κ1) is 19.0. The second kappa shape index (κ2) is 8.59. The predicted molar refractivity (Wildman–Crippen MR) is 83.2 cm³/mol. The van der Waals surface area contributed by atoms with E-state index in [2.05, 4.69) is 5.32 Å². The molecule has 0 aliphatic rings. The summed E-state index contributed by atoms with van der Waals surface area (Å²) in [5.74, 6) is -0.614. The highest BCUT2D eigenvalue weighted by Gasteiger charge is 2.32. The lowest BCUT2D eigenvalue weighted by Gasteiger charge is -2.26. The van der Waals surface area contributed by atoms with Crippen molar-refractivity contribution >= 4 is 17.9 Å². The maximum atomic E-state index is 12.1. The summed E-state index contributed by atoms with van der Waals surface area (Å²) < 4.78 is 0. The molecule has 0 unspecified atom stereocenters. The minimum absolute atomic E-state index is 0.254. The van der Waals surface area contributed by atoms with E-state index in [1.165, 1.54) is 0 Å². The van der Waals surface area contributed by atoms with E-state index >= 15 is 0 Å². The minimum Gasteiger partial charge on any atom is -0.394 e. The Kier molecular flexibility index (Phi) is 7.11. The monoisotopic (exact) mass is 326 g/mol. The largest absolute Gasteiger partial charge is 0.394 e. The number of hydrogen-bond acceptors (Lipinski definition) is 7. The number of carbonyl (C=O) groups excluding carboxylic acids is 2. The SMILES string of the molecule is CN(C)c1ccc(C(=O)N[C@H](C=O)[C@@H](O)[C@H](O)[C@H](O)CO)cc1. The van der Waals surface area contributed by atoms with Crippen LogP contribution in [0, 0.1) is 0 Å². The van der Waals surface area contributed by atoms with Gasteiger partial charge in [-0.15, -0.1) is 0 Å². The maximum absolute atomic E-state index is 12.1. The number of carbonyl (C=O) groups is 2. The Balaban J connectivity index is 2.78. The first-order valence-corrected chi connectivity index (χ1v) is 7.00. The fourth-order valence-electron chi connectivity index (χ4n) is 1.89. The molecule has 1 aromatic rings. The van der Waals surface area contributed by atoms with Crippen LogP contribution in [0.3, 0.4) is 0 Å². The summed E-state index contributed by atoms with van der Waals surface area (Å²) in [5.41, 5.74) is 1.15. The van der Waals surface area contributed by atoms with Gasteiger partial charge in [0.15, 0.2) is 0 Å². The van der Waals surface area contributed by atoms with Crippen LogP contribution in [0.2, 0.25) is 0 Å². The normalized spacial score (nSPS) is 16.1. The molecule has 0 saturated carbocycles. The highest BCUT2D eigenvalue weighted by molar-refractivity contribution is 5.96. The fourth-order valence-corrected chi connectivity index (χ4v) is 1.89. The maximum Gasteiger partial charge on any atom is 0.251 e. The van der Waals surface area contributed by atoms with Crippen molar-refractivity contribution in [2.24, 2.45) is 0 Å². The fraction of sp³-hybridized carbons (Fsp3) is 0.467. The first-order valence-electron chi connectivity index (χ1n) is 7.00. The number of amides is 1. The topological polar surface area (TPSA) is 130 Å². The van der Waals surface area contributed by atoms with Crippen molar-refractivity contribution in [1.82, 2.24) is 5.32 Å². The Morgan fingerprint density at radius 3 is 2.17 bits per heavy atom. The van der Waals surface area contributed by atoms with Crippen LogP contribution in [0.15, 0.2) is 24.3 Å². The summed E-state index contributed by atoms with van der Waals surface area (Å²) in [5, 5.41) is 39.7. The molecule has 23 heavy (non-hydrogen) atoms. The van der Waals surface area contributed by atoms with Crippen molar-refractivity contribution in [2.75, 3.05) is 25.6 Å². The third-order valence-corrected chi connectivity index (χ3v) is 3.39. The van der Waals surface area contributed by atoms with Gasteiger partial charge in [0, 0.05) is 25.3 Å². The van der Waals surface area contributed by atoms with Crippen molar-refractivity contribution in [3.8, 4) is 0 Å².